The highest BCUT2D eigenvalue weighted by atomic mass is 19.3. The predicted octanol–water partition coefficient (Wildman–Crippen LogP) is 7.40. The molecular formula is C28H30F6O4. The second-order valence-electron chi connectivity index (χ2n) is 9.75. The van der Waals surface area contributed by atoms with Gasteiger partial charge >= 0.3 is 6.11 Å². The van der Waals surface area contributed by atoms with Gasteiger partial charge in [-0.1, -0.05) is 12.1 Å². The number of benzene rings is 2. The van der Waals surface area contributed by atoms with Crippen molar-refractivity contribution in [2.24, 2.45) is 11.8 Å². The van der Waals surface area contributed by atoms with Gasteiger partial charge in [-0.05, 0) is 56.2 Å². The van der Waals surface area contributed by atoms with Crippen molar-refractivity contribution in [3.8, 4) is 5.75 Å². The van der Waals surface area contributed by atoms with E-state index in [1.54, 1.807) is 0 Å². The molecule has 0 radical (unpaired) electrons. The summed E-state index contributed by atoms with van der Waals surface area (Å²) < 4.78 is 105. The minimum Gasteiger partial charge on any atom is -0.429 e. The third kappa shape index (κ3) is 7.09. The fourth-order valence-corrected chi connectivity index (χ4v) is 4.77. The Morgan fingerprint density at radius 2 is 1.58 bits per heavy atom. The molecule has 0 aromatic heterocycles. The molecule has 1 aliphatic carbocycles. The molecule has 2 aliphatic rings. The van der Waals surface area contributed by atoms with E-state index in [0.29, 0.717) is 24.7 Å². The summed E-state index contributed by atoms with van der Waals surface area (Å²) in [6.07, 6.45) is 2.53. The smallest absolute Gasteiger partial charge is 0.429 e. The summed E-state index contributed by atoms with van der Waals surface area (Å²) in [5, 5.41) is 0. The number of allylic oxidation sites excluding steroid dienone is 1. The molecule has 0 bridgehead atoms. The molecule has 1 aliphatic heterocycles. The van der Waals surface area contributed by atoms with E-state index in [2.05, 4.69) is 11.3 Å². The molecule has 1 heterocycles. The number of halogens is 6. The van der Waals surface area contributed by atoms with Crippen LogP contribution in [0.2, 0.25) is 0 Å². The van der Waals surface area contributed by atoms with Gasteiger partial charge in [-0.15, -0.1) is 6.58 Å². The quantitative estimate of drug-likeness (QED) is 0.177. The number of hydrogen-bond acceptors (Lipinski definition) is 4. The first kappa shape index (κ1) is 28.4. The summed E-state index contributed by atoms with van der Waals surface area (Å²) in [4.78, 5) is 0. The third-order valence-electron chi connectivity index (χ3n) is 6.91. The molecule has 10 heteroatoms. The Kier molecular flexibility index (Phi) is 9.38. The molecule has 0 N–H and O–H groups in total. The summed E-state index contributed by atoms with van der Waals surface area (Å²) in [5.74, 6) is -6.83. The van der Waals surface area contributed by atoms with Crippen LogP contribution in [0, 0.1) is 35.1 Å². The second-order valence-corrected chi connectivity index (χ2v) is 9.75. The van der Waals surface area contributed by atoms with Crippen LogP contribution in [0.3, 0.4) is 0 Å². The van der Waals surface area contributed by atoms with Crippen LogP contribution in [0.15, 0.2) is 43.0 Å². The fraction of sp³-hybridized carbons (Fsp3) is 0.500. The number of rotatable bonds is 10. The molecule has 208 valence electrons. The van der Waals surface area contributed by atoms with Crippen molar-refractivity contribution < 1.29 is 45.3 Å². The molecule has 4 rings (SSSR count). The van der Waals surface area contributed by atoms with Gasteiger partial charge in [0.05, 0.1) is 31.5 Å². The van der Waals surface area contributed by atoms with Gasteiger partial charge in [0, 0.05) is 24.0 Å². The van der Waals surface area contributed by atoms with E-state index in [1.165, 1.54) is 6.07 Å². The molecule has 0 amide bonds. The Labute approximate surface area is 217 Å². The zero-order chi connectivity index (χ0) is 27.3. The van der Waals surface area contributed by atoms with Gasteiger partial charge in [0.1, 0.15) is 11.6 Å². The predicted molar refractivity (Wildman–Crippen MR) is 126 cm³/mol. The van der Waals surface area contributed by atoms with Gasteiger partial charge in [-0.25, -0.2) is 17.6 Å². The highest BCUT2D eigenvalue weighted by Crippen LogP contribution is 2.36. The van der Waals surface area contributed by atoms with Crippen molar-refractivity contribution in [3.05, 3.63) is 77.4 Å². The SMILES string of the molecule is C=CCCC1COC(C2CCC(OCc3ccc(C(F)(F)Oc4cc(F)c(F)c(F)c4)c(F)c3)CC2)OC1. The van der Waals surface area contributed by atoms with Crippen molar-refractivity contribution in [1.82, 2.24) is 0 Å². The first-order valence-corrected chi connectivity index (χ1v) is 12.6. The van der Waals surface area contributed by atoms with Crippen molar-refractivity contribution in [1.29, 1.82) is 0 Å². The molecule has 1 saturated heterocycles. The van der Waals surface area contributed by atoms with E-state index in [-0.39, 0.29) is 37.1 Å². The minimum atomic E-state index is -4.26. The van der Waals surface area contributed by atoms with E-state index in [1.807, 2.05) is 6.08 Å². The van der Waals surface area contributed by atoms with E-state index < -0.39 is 40.7 Å². The van der Waals surface area contributed by atoms with Gasteiger partial charge in [0.2, 0.25) is 0 Å². The van der Waals surface area contributed by atoms with Gasteiger partial charge in [-0.3, -0.25) is 0 Å². The topological polar surface area (TPSA) is 36.9 Å². The van der Waals surface area contributed by atoms with E-state index >= 15 is 0 Å². The van der Waals surface area contributed by atoms with Crippen molar-refractivity contribution >= 4 is 0 Å². The van der Waals surface area contributed by atoms with Crippen LogP contribution in [0.1, 0.15) is 49.7 Å². The maximum Gasteiger partial charge on any atom is 0.429 e. The fourth-order valence-electron chi connectivity index (χ4n) is 4.77. The van der Waals surface area contributed by atoms with Crippen molar-refractivity contribution in [2.45, 2.75) is 63.6 Å². The zero-order valence-electron chi connectivity index (χ0n) is 20.7. The molecule has 0 spiro atoms. The molecule has 2 aromatic rings. The average molecular weight is 545 g/mol. The maximum absolute atomic E-state index is 14.5. The van der Waals surface area contributed by atoms with Crippen LogP contribution in [0.25, 0.3) is 0 Å². The second kappa shape index (κ2) is 12.5. The Morgan fingerprint density at radius 1 is 0.921 bits per heavy atom. The lowest BCUT2D eigenvalue weighted by molar-refractivity contribution is -0.231. The maximum atomic E-state index is 14.5. The van der Waals surface area contributed by atoms with Crippen LogP contribution in [0.4, 0.5) is 26.3 Å². The summed E-state index contributed by atoms with van der Waals surface area (Å²) in [6.45, 7) is 5.12. The molecule has 4 nitrogen and oxygen atoms in total. The average Bonchev–Trinajstić information content (AvgIpc) is 2.89. The summed E-state index contributed by atoms with van der Waals surface area (Å²) in [7, 11) is 0. The molecule has 38 heavy (non-hydrogen) atoms. The van der Waals surface area contributed by atoms with Gasteiger partial charge < -0.3 is 18.9 Å². The molecule has 2 aromatic carbocycles. The zero-order valence-corrected chi connectivity index (χ0v) is 20.7. The Balaban J connectivity index is 1.25. The standard InChI is InChI=1S/C28H30F6O4/c1-2-3-4-18-15-36-27(37-16-18)19-6-8-20(9-7-19)35-14-17-5-10-22(23(29)11-17)28(33,34)38-21-12-24(30)26(32)25(31)13-21/h2,5,10-13,18-20,27H,1,3-4,6-9,14-16H2. The molecule has 2 fully saturated rings. The van der Waals surface area contributed by atoms with Gasteiger partial charge in [-0.2, -0.15) is 8.78 Å². The summed E-state index contributed by atoms with van der Waals surface area (Å²) >= 11 is 0. The first-order valence-electron chi connectivity index (χ1n) is 12.6. The largest absolute Gasteiger partial charge is 0.429 e. The lowest BCUT2D eigenvalue weighted by Gasteiger charge is -2.37. The van der Waals surface area contributed by atoms with E-state index in [9.17, 15) is 26.3 Å². The normalized spacial score (nSPS) is 24.3. The highest BCUT2D eigenvalue weighted by molar-refractivity contribution is 5.30. The Morgan fingerprint density at radius 3 is 2.18 bits per heavy atom. The Hall–Kier alpha value is -2.56. The molecular weight excluding hydrogens is 514 g/mol. The lowest BCUT2D eigenvalue weighted by atomic mass is 9.86. The number of alkyl halides is 2. The van der Waals surface area contributed by atoms with Crippen LogP contribution in [-0.2, 0) is 26.9 Å². The van der Waals surface area contributed by atoms with Crippen molar-refractivity contribution in [3.63, 3.8) is 0 Å². The van der Waals surface area contributed by atoms with Crippen LogP contribution < -0.4 is 4.74 Å². The number of hydrogen-bond donors (Lipinski definition) is 0. The van der Waals surface area contributed by atoms with Gasteiger partial charge in [0.25, 0.3) is 0 Å². The molecule has 0 atom stereocenters. The monoisotopic (exact) mass is 544 g/mol. The van der Waals surface area contributed by atoms with Crippen LogP contribution in [0.5, 0.6) is 5.75 Å². The Bertz CT molecular complexity index is 1070. The van der Waals surface area contributed by atoms with E-state index in [0.717, 1.165) is 50.7 Å². The summed E-state index contributed by atoms with van der Waals surface area (Å²) in [6, 6.07) is 3.50. The number of ether oxygens (including phenoxy) is 4. The van der Waals surface area contributed by atoms with Crippen LogP contribution in [-0.4, -0.2) is 25.6 Å². The van der Waals surface area contributed by atoms with Crippen molar-refractivity contribution in [2.75, 3.05) is 13.2 Å². The van der Waals surface area contributed by atoms with E-state index in [4.69, 9.17) is 14.2 Å². The first-order chi connectivity index (χ1) is 18.2. The molecule has 1 saturated carbocycles. The lowest BCUT2D eigenvalue weighted by Crippen LogP contribution is -2.39. The molecule has 0 unspecified atom stereocenters. The van der Waals surface area contributed by atoms with Gasteiger partial charge in [0.15, 0.2) is 23.7 Å². The minimum absolute atomic E-state index is 0.0226. The third-order valence-corrected chi connectivity index (χ3v) is 6.91. The highest BCUT2D eigenvalue weighted by Gasteiger charge is 2.38. The van der Waals surface area contributed by atoms with Crippen LogP contribution >= 0.6 is 0 Å². The summed E-state index contributed by atoms with van der Waals surface area (Å²) in [5.41, 5.74) is -0.793.